The summed E-state index contributed by atoms with van der Waals surface area (Å²) in [5.74, 6) is -0.601. The molecule has 0 unspecified atom stereocenters. The van der Waals surface area contributed by atoms with Gasteiger partial charge in [-0.05, 0) is 43.5 Å². The number of carbonyl (C=O) groups excluding carboxylic acids is 1. The first-order chi connectivity index (χ1) is 9.69. The number of benzene rings is 1. The third-order valence-electron chi connectivity index (χ3n) is 3.58. The molecule has 1 saturated heterocycles. The molecular weight excluding hydrogens is 293 g/mol. The van der Waals surface area contributed by atoms with E-state index < -0.39 is 15.4 Å². The predicted molar refractivity (Wildman–Crippen MR) is 79.9 cm³/mol. The highest BCUT2D eigenvalue weighted by molar-refractivity contribution is 7.91. The zero-order valence-corrected chi connectivity index (χ0v) is 12.8. The van der Waals surface area contributed by atoms with Crippen LogP contribution in [0.1, 0.15) is 25.8 Å². The standard InChI is InChI=1S/C15H18FNO3S/c1-11(12-3-5-13(16)6-4-12)9-14(18)17-15(2)7-8-21(19,20)10-15/h3-6,9H,7-8,10H2,1-2H3,(H,17,18)/b11-9-/t15-/m1/s1. The van der Waals surface area contributed by atoms with E-state index in [-0.39, 0.29) is 23.2 Å². The molecule has 1 aliphatic rings. The molecule has 21 heavy (non-hydrogen) atoms. The van der Waals surface area contributed by atoms with Crippen LogP contribution in [0.3, 0.4) is 0 Å². The summed E-state index contributed by atoms with van der Waals surface area (Å²) < 4.78 is 35.9. The van der Waals surface area contributed by atoms with Gasteiger partial charge < -0.3 is 5.32 Å². The van der Waals surface area contributed by atoms with Gasteiger partial charge in [-0.2, -0.15) is 0 Å². The number of allylic oxidation sites excluding steroid dienone is 1. The molecule has 1 atom stereocenters. The van der Waals surface area contributed by atoms with Crippen molar-refractivity contribution in [1.82, 2.24) is 5.32 Å². The van der Waals surface area contributed by atoms with Crippen molar-refractivity contribution >= 4 is 21.3 Å². The second-order valence-corrected chi connectivity index (χ2v) is 7.91. The lowest BCUT2D eigenvalue weighted by atomic mass is 10.0. The number of halogens is 1. The molecule has 1 aromatic rings. The molecule has 0 spiro atoms. The van der Waals surface area contributed by atoms with E-state index >= 15 is 0 Å². The minimum Gasteiger partial charge on any atom is -0.346 e. The van der Waals surface area contributed by atoms with E-state index in [0.29, 0.717) is 12.0 Å². The van der Waals surface area contributed by atoms with E-state index in [1.165, 1.54) is 18.2 Å². The first kappa shape index (κ1) is 15.7. The van der Waals surface area contributed by atoms with Crippen LogP contribution in [0.2, 0.25) is 0 Å². The van der Waals surface area contributed by atoms with E-state index in [1.54, 1.807) is 26.0 Å². The Hall–Kier alpha value is -1.69. The Bertz CT molecular complexity index is 679. The van der Waals surface area contributed by atoms with Crippen molar-refractivity contribution in [3.8, 4) is 0 Å². The highest BCUT2D eigenvalue weighted by Crippen LogP contribution is 2.23. The lowest BCUT2D eigenvalue weighted by Gasteiger charge is -2.23. The molecule has 0 radical (unpaired) electrons. The summed E-state index contributed by atoms with van der Waals surface area (Å²) in [4.78, 5) is 12.0. The average molecular weight is 311 g/mol. The van der Waals surface area contributed by atoms with E-state index in [9.17, 15) is 17.6 Å². The van der Waals surface area contributed by atoms with Gasteiger partial charge in [0.1, 0.15) is 5.82 Å². The second kappa shape index (κ2) is 5.60. The molecule has 114 valence electrons. The fraction of sp³-hybridized carbons (Fsp3) is 0.400. The molecule has 6 heteroatoms. The molecule has 0 aliphatic carbocycles. The molecule has 2 rings (SSSR count). The molecule has 1 fully saturated rings. The summed E-state index contributed by atoms with van der Waals surface area (Å²) in [6.45, 7) is 3.48. The molecule has 0 bridgehead atoms. The maximum Gasteiger partial charge on any atom is 0.244 e. The van der Waals surface area contributed by atoms with Crippen molar-refractivity contribution < 1.29 is 17.6 Å². The van der Waals surface area contributed by atoms with Gasteiger partial charge >= 0.3 is 0 Å². The minimum atomic E-state index is -3.06. The Morgan fingerprint density at radius 1 is 1.33 bits per heavy atom. The van der Waals surface area contributed by atoms with Crippen LogP contribution in [0.15, 0.2) is 30.3 Å². The monoisotopic (exact) mass is 311 g/mol. The van der Waals surface area contributed by atoms with Gasteiger partial charge in [-0.15, -0.1) is 0 Å². The van der Waals surface area contributed by atoms with Crippen molar-refractivity contribution in [3.05, 3.63) is 41.7 Å². The fourth-order valence-electron chi connectivity index (χ4n) is 2.44. The highest BCUT2D eigenvalue weighted by Gasteiger charge is 2.39. The molecule has 1 aromatic carbocycles. The molecule has 4 nitrogen and oxygen atoms in total. The fourth-order valence-corrected chi connectivity index (χ4v) is 4.53. The number of rotatable bonds is 3. The molecule has 1 N–H and O–H groups in total. The zero-order chi connectivity index (χ0) is 15.7. The van der Waals surface area contributed by atoms with Gasteiger partial charge in [0.15, 0.2) is 9.84 Å². The summed E-state index contributed by atoms with van der Waals surface area (Å²) in [7, 11) is -3.06. The number of carbonyl (C=O) groups is 1. The maximum absolute atomic E-state index is 12.9. The molecule has 0 saturated carbocycles. The van der Waals surface area contributed by atoms with E-state index in [4.69, 9.17) is 0 Å². The summed E-state index contributed by atoms with van der Waals surface area (Å²) in [5, 5.41) is 2.75. The minimum absolute atomic E-state index is 0.0326. The SMILES string of the molecule is C/C(=C/C(=O)N[C@]1(C)CCS(=O)(=O)C1)c1ccc(F)cc1. The van der Waals surface area contributed by atoms with Crippen molar-refractivity contribution in [3.63, 3.8) is 0 Å². The van der Waals surface area contributed by atoms with Gasteiger partial charge in [0.05, 0.1) is 17.0 Å². The molecule has 1 aliphatic heterocycles. The van der Waals surface area contributed by atoms with Crippen LogP contribution < -0.4 is 5.32 Å². The highest BCUT2D eigenvalue weighted by atomic mass is 32.2. The normalized spacial score (nSPS) is 24.8. The smallest absolute Gasteiger partial charge is 0.244 e. The van der Waals surface area contributed by atoms with Crippen molar-refractivity contribution in [2.45, 2.75) is 25.8 Å². The average Bonchev–Trinajstić information content (AvgIpc) is 2.63. The van der Waals surface area contributed by atoms with Gasteiger partial charge in [-0.25, -0.2) is 12.8 Å². The third kappa shape index (κ3) is 4.14. The van der Waals surface area contributed by atoms with Crippen molar-refractivity contribution in [1.29, 1.82) is 0 Å². The number of hydrogen-bond acceptors (Lipinski definition) is 3. The molecule has 1 amide bonds. The predicted octanol–water partition coefficient (Wildman–Crippen LogP) is 1.92. The lowest BCUT2D eigenvalue weighted by Crippen LogP contribution is -2.46. The Morgan fingerprint density at radius 3 is 2.48 bits per heavy atom. The Labute approximate surface area is 124 Å². The van der Waals surface area contributed by atoms with Gasteiger partial charge in [0.2, 0.25) is 5.91 Å². The summed E-state index contributed by atoms with van der Waals surface area (Å²) in [6, 6.07) is 5.84. The van der Waals surface area contributed by atoms with Gasteiger partial charge in [0.25, 0.3) is 0 Å². The molecule has 1 heterocycles. The quantitative estimate of drug-likeness (QED) is 0.868. The first-order valence-corrected chi connectivity index (χ1v) is 8.48. The lowest BCUT2D eigenvalue weighted by molar-refractivity contribution is -0.117. The van der Waals surface area contributed by atoms with Crippen molar-refractivity contribution in [2.75, 3.05) is 11.5 Å². The summed E-state index contributed by atoms with van der Waals surface area (Å²) >= 11 is 0. The van der Waals surface area contributed by atoms with E-state index in [0.717, 1.165) is 5.56 Å². The van der Waals surface area contributed by atoms with Crippen LogP contribution in [-0.2, 0) is 14.6 Å². The molecule has 0 aromatic heterocycles. The van der Waals surface area contributed by atoms with Crippen LogP contribution in [0.4, 0.5) is 4.39 Å². The van der Waals surface area contributed by atoms with Crippen LogP contribution in [0.5, 0.6) is 0 Å². The maximum atomic E-state index is 12.9. The van der Waals surface area contributed by atoms with Crippen LogP contribution in [0.25, 0.3) is 5.57 Å². The third-order valence-corrected chi connectivity index (χ3v) is 5.48. The number of sulfone groups is 1. The van der Waals surface area contributed by atoms with Crippen LogP contribution in [-0.4, -0.2) is 31.4 Å². The summed E-state index contributed by atoms with van der Waals surface area (Å²) in [6.07, 6.45) is 1.83. The number of amides is 1. The van der Waals surface area contributed by atoms with E-state index in [1.807, 2.05) is 0 Å². The number of hydrogen-bond donors (Lipinski definition) is 1. The van der Waals surface area contributed by atoms with Crippen LogP contribution >= 0.6 is 0 Å². The Kier molecular flexibility index (Phi) is 4.18. The van der Waals surface area contributed by atoms with Gasteiger partial charge in [0, 0.05) is 6.08 Å². The molecular formula is C15H18FNO3S. The Balaban J connectivity index is 2.07. The van der Waals surface area contributed by atoms with E-state index in [2.05, 4.69) is 5.32 Å². The topological polar surface area (TPSA) is 63.2 Å². The van der Waals surface area contributed by atoms with Crippen molar-refractivity contribution in [2.24, 2.45) is 0 Å². The number of nitrogens with one attached hydrogen (secondary N) is 1. The van der Waals surface area contributed by atoms with Gasteiger partial charge in [-0.3, -0.25) is 4.79 Å². The first-order valence-electron chi connectivity index (χ1n) is 6.66. The second-order valence-electron chi connectivity index (χ2n) is 5.73. The Morgan fingerprint density at radius 2 is 1.95 bits per heavy atom. The summed E-state index contributed by atoms with van der Waals surface area (Å²) in [5.41, 5.74) is 0.725. The van der Waals surface area contributed by atoms with Gasteiger partial charge in [-0.1, -0.05) is 12.1 Å². The zero-order valence-electron chi connectivity index (χ0n) is 12.0. The van der Waals surface area contributed by atoms with Crippen LogP contribution in [0, 0.1) is 5.82 Å². The largest absolute Gasteiger partial charge is 0.346 e.